The SMILES string of the molecule is O=C(Cc1c(F)cc(F)cc1F)Nc1ccc(=O)n(-c2ccccc2)c1. The molecule has 0 radical (unpaired) electrons. The van der Waals surface area contributed by atoms with Crippen molar-refractivity contribution in [3.8, 4) is 5.69 Å². The Hall–Kier alpha value is -3.35. The van der Waals surface area contributed by atoms with E-state index in [1.165, 1.54) is 22.9 Å². The second-order valence-corrected chi connectivity index (χ2v) is 5.53. The van der Waals surface area contributed by atoms with Crippen molar-refractivity contribution in [3.63, 3.8) is 0 Å². The topological polar surface area (TPSA) is 51.1 Å². The van der Waals surface area contributed by atoms with E-state index < -0.39 is 35.3 Å². The number of pyridine rings is 1. The largest absolute Gasteiger partial charge is 0.324 e. The number of hydrogen-bond donors (Lipinski definition) is 1. The number of amides is 1. The number of hydrogen-bond acceptors (Lipinski definition) is 2. The lowest BCUT2D eigenvalue weighted by atomic mass is 10.1. The number of nitrogens with one attached hydrogen (secondary N) is 1. The van der Waals surface area contributed by atoms with Crippen molar-refractivity contribution < 1.29 is 18.0 Å². The van der Waals surface area contributed by atoms with E-state index in [0.717, 1.165) is 0 Å². The van der Waals surface area contributed by atoms with E-state index in [2.05, 4.69) is 5.32 Å². The monoisotopic (exact) mass is 358 g/mol. The van der Waals surface area contributed by atoms with Gasteiger partial charge >= 0.3 is 0 Å². The number of halogens is 3. The number of benzene rings is 2. The Balaban J connectivity index is 1.82. The van der Waals surface area contributed by atoms with E-state index in [1.807, 2.05) is 0 Å². The molecule has 0 saturated carbocycles. The second kappa shape index (κ2) is 7.26. The number of anilines is 1. The van der Waals surface area contributed by atoms with Gasteiger partial charge in [0.15, 0.2) is 0 Å². The van der Waals surface area contributed by atoms with Crippen LogP contribution in [0.2, 0.25) is 0 Å². The van der Waals surface area contributed by atoms with Crippen LogP contribution in [0, 0.1) is 17.5 Å². The van der Waals surface area contributed by atoms with Gasteiger partial charge in [0.05, 0.1) is 12.1 Å². The lowest BCUT2D eigenvalue weighted by molar-refractivity contribution is -0.115. The fraction of sp³-hybridized carbons (Fsp3) is 0.0526. The van der Waals surface area contributed by atoms with Gasteiger partial charge in [-0.2, -0.15) is 0 Å². The molecule has 3 aromatic rings. The summed E-state index contributed by atoms with van der Waals surface area (Å²) in [7, 11) is 0. The molecule has 132 valence electrons. The third kappa shape index (κ3) is 3.83. The molecule has 0 atom stereocenters. The maximum Gasteiger partial charge on any atom is 0.255 e. The van der Waals surface area contributed by atoms with E-state index in [4.69, 9.17) is 0 Å². The van der Waals surface area contributed by atoms with Gasteiger partial charge in [0.25, 0.3) is 5.56 Å². The standard InChI is InChI=1S/C19H13F3N2O2/c20-12-8-16(21)15(17(22)9-12)10-18(25)23-13-6-7-19(26)24(11-13)14-4-2-1-3-5-14/h1-9,11H,10H2,(H,23,25). The maximum atomic E-state index is 13.6. The molecule has 1 N–H and O–H groups in total. The van der Waals surface area contributed by atoms with Crippen molar-refractivity contribution in [2.24, 2.45) is 0 Å². The minimum atomic E-state index is -1.13. The number of carbonyl (C=O) groups is 1. The van der Waals surface area contributed by atoms with Crippen LogP contribution in [-0.4, -0.2) is 10.5 Å². The summed E-state index contributed by atoms with van der Waals surface area (Å²) in [6, 6.07) is 12.4. The lowest BCUT2D eigenvalue weighted by Gasteiger charge is -2.10. The summed E-state index contributed by atoms with van der Waals surface area (Å²) in [6.07, 6.45) is 0.801. The van der Waals surface area contributed by atoms with Gasteiger partial charge in [0.2, 0.25) is 5.91 Å². The highest BCUT2D eigenvalue weighted by molar-refractivity contribution is 5.92. The average molecular weight is 358 g/mol. The van der Waals surface area contributed by atoms with Crippen LogP contribution in [0.15, 0.2) is 65.6 Å². The Labute approximate surface area is 146 Å². The van der Waals surface area contributed by atoms with Gasteiger partial charge in [-0.15, -0.1) is 0 Å². The van der Waals surface area contributed by atoms with Crippen LogP contribution in [0.3, 0.4) is 0 Å². The minimum absolute atomic E-state index is 0.279. The summed E-state index contributed by atoms with van der Waals surface area (Å²) in [6.45, 7) is 0. The Morgan fingerprint density at radius 3 is 2.27 bits per heavy atom. The highest BCUT2D eigenvalue weighted by Crippen LogP contribution is 2.16. The van der Waals surface area contributed by atoms with Crippen LogP contribution >= 0.6 is 0 Å². The van der Waals surface area contributed by atoms with Crippen LogP contribution in [-0.2, 0) is 11.2 Å². The molecular formula is C19H13F3N2O2. The molecule has 2 aromatic carbocycles. The Morgan fingerprint density at radius 2 is 1.62 bits per heavy atom. The first-order valence-corrected chi connectivity index (χ1v) is 7.65. The van der Waals surface area contributed by atoms with E-state index in [0.29, 0.717) is 17.8 Å². The van der Waals surface area contributed by atoms with Crippen LogP contribution in [0.4, 0.5) is 18.9 Å². The van der Waals surface area contributed by atoms with Crippen LogP contribution in [0.25, 0.3) is 5.69 Å². The van der Waals surface area contributed by atoms with Crippen molar-refractivity contribution in [1.82, 2.24) is 4.57 Å². The molecule has 0 saturated heterocycles. The van der Waals surface area contributed by atoms with Gasteiger partial charge in [-0.25, -0.2) is 13.2 Å². The molecule has 3 rings (SSSR count). The second-order valence-electron chi connectivity index (χ2n) is 5.53. The van der Waals surface area contributed by atoms with Crippen molar-refractivity contribution >= 4 is 11.6 Å². The van der Waals surface area contributed by atoms with Gasteiger partial charge in [0.1, 0.15) is 17.5 Å². The van der Waals surface area contributed by atoms with Gasteiger partial charge < -0.3 is 5.32 Å². The number of para-hydroxylation sites is 1. The molecule has 26 heavy (non-hydrogen) atoms. The number of carbonyl (C=O) groups excluding carboxylic acids is 1. The van der Waals surface area contributed by atoms with Gasteiger partial charge in [-0.3, -0.25) is 14.2 Å². The van der Waals surface area contributed by atoms with Gasteiger partial charge in [-0.05, 0) is 18.2 Å². The van der Waals surface area contributed by atoms with Crippen molar-refractivity contribution in [2.45, 2.75) is 6.42 Å². The molecular weight excluding hydrogens is 345 g/mol. The molecule has 0 unspecified atom stereocenters. The van der Waals surface area contributed by atoms with Crippen LogP contribution < -0.4 is 10.9 Å². The predicted molar refractivity (Wildman–Crippen MR) is 90.7 cm³/mol. The van der Waals surface area contributed by atoms with Crippen molar-refractivity contribution in [1.29, 1.82) is 0 Å². The first-order chi connectivity index (χ1) is 12.4. The number of nitrogens with zero attached hydrogens (tertiary/aromatic N) is 1. The summed E-state index contributed by atoms with van der Waals surface area (Å²) in [4.78, 5) is 24.1. The average Bonchev–Trinajstić information content (AvgIpc) is 2.60. The Kier molecular flexibility index (Phi) is 4.88. The quantitative estimate of drug-likeness (QED) is 0.777. The molecule has 1 heterocycles. The molecule has 1 amide bonds. The molecule has 0 aliphatic carbocycles. The zero-order chi connectivity index (χ0) is 18.7. The molecule has 4 nitrogen and oxygen atoms in total. The minimum Gasteiger partial charge on any atom is -0.324 e. The lowest BCUT2D eigenvalue weighted by Crippen LogP contribution is -2.20. The van der Waals surface area contributed by atoms with Crippen LogP contribution in [0.1, 0.15) is 5.56 Å². The van der Waals surface area contributed by atoms with Gasteiger partial charge in [-0.1, -0.05) is 18.2 Å². The predicted octanol–water partition coefficient (Wildman–Crippen LogP) is 3.44. The maximum absolute atomic E-state index is 13.6. The molecule has 0 aliphatic heterocycles. The summed E-state index contributed by atoms with van der Waals surface area (Å²) in [5.41, 5.74) is 0.0516. The Morgan fingerprint density at radius 1 is 0.962 bits per heavy atom. The molecule has 7 heteroatoms. The van der Waals surface area contributed by atoms with E-state index in [-0.39, 0.29) is 11.2 Å². The van der Waals surface area contributed by atoms with Crippen molar-refractivity contribution in [3.05, 3.63) is 94.2 Å². The first kappa shape index (κ1) is 17.5. The zero-order valence-corrected chi connectivity index (χ0v) is 13.4. The number of aromatic nitrogens is 1. The summed E-state index contributed by atoms with van der Waals surface area (Å²) in [5.74, 6) is -4.02. The Bertz CT molecular complexity index is 994. The zero-order valence-electron chi connectivity index (χ0n) is 13.4. The molecule has 0 spiro atoms. The highest BCUT2D eigenvalue weighted by Gasteiger charge is 2.15. The van der Waals surface area contributed by atoms with Crippen molar-refractivity contribution in [2.75, 3.05) is 5.32 Å². The highest BCUT2D eigenvalue weighted by atomic mass is 19.1. The van der Waals surface area contributed by atoms with E-state index >= 15 is 0 Å². The summed E-state index contributed by atoms with van der Waals surface area (Å²) in [5, 5.41) is 2.47. The van der Waals surface area contributed by atoms with Gasteiger partial charge in [0, 0.05) is 35.6 Å². The smallest absolute Gasteiger partial charge is 0.255 e. The normalized spacial score (nSPS) is 10.6. The molecule has 0 aliphatic rings. The summed E-state index contributed by atoms with van der Waals surface area (Å²) >= 11 is 0. The fourth-order valence-electron chi connectivity index (χ4n) is 2.46. The summed E-state index contributed by atoms with van der Waals surface area (Å²) < 4.78 is 41.5. The fourth-order valence-corrected chi connectivity index (χ4v) is 2.46. The molecule has 1 aromatic heterocycles. The van der Waals surface area contributed by atoms with E-state index in [9.17, 15) is 22.8 Å². The third-order valence-corrected chi connectivity index (χ3v) is 3.67. The number of rotatable bonds is 4. The van der Waals surface area contributed by atoms with Crippen LogP contribution in [0.5, 0.6) is 0 Å². The molecule has 0 fully saturated rings. The van der Waals surface area contributed by atoms with E-state index in [1.54, 1.807) is 30.3 Å². The molecule has 0 bridgehead atoms. The third-order valence-electron chi connectivity index (χ3n) is 3.67. The first-order valence-electron chi connectivity index (χ1n) is 7.65.